The van der Waals surface area contributed by atoms with Crippen LogP contribution in [0.2, 0.25) is 0 Å². The minimum absolute atomic E-state index is 0.0833. The van der Waals surface area contributed by atoms with Gasteiger partial charge in [0.2, 0.25) is 0 Å². The number of fused-ring (bicyclic) bond motifs is 1. The number of H-pyrrole nitrogens is 1. The standard InChI is InChI=1S/C20H29N3O3S/c1-4-26-20(25)16-12(2)15-18(24)22-17(23-19(15)27-16)13(3)21-14-10-8-6-5-7-9-11-14/h13-14,21H,4-11H2,1-3H3,(H,22,23,24)/p+1/t13-/m1/s1. The number of rotatable bonds is 5. The van der Waals surface area contributed by atoms with Gasteiger partial charge in [0, 0.05) is 0 Å². The summed E-state index contributed by atoms with van der Waals surface area (Å²) < 4.78 is 5.10. The molecular formula is C20H30N3O3S+. The monoisotopic (exact) mass is 392 g/mol. The number of nitrogens with one attached hydrogen (secondary N) is 1. The maximum atomic E-state index is 12.7. The summed E-state index contributed by atoms with van der Waals surface area (Å²) in [6.07, 6.45) is 9.02. The van der Waals surface area contributed by atoms with Crippen molar-refractivity contribution in [2.24, 2.45) is 0 Å². The average molecular weight is 393 g/mol. The number of nitrogens with zero attached hydrogens (tertiary/aromatic N) is 1. The Labute approximate surface area is 163 Å². The molecule has 0 aromatic carbocycles. The highest BCUT2D eigenvalue weighted by Gasteiger charge is 2.24. The molecule has 2 aromatic rings. The zero-order valence-electron chi connectivity index (χ0n) is 16.5. The molecule has 6 nitrogen and oxygen atoms in total. The summed E-state index contributed by atoms with van der Waals surface area (Å²) in [5.41, 5.74) is 0.489. The number of esters is 1. The van der Waals surface area contributed by atoms with Crippen LogP contribution < -0.4 is 10.9 Å². The van der Waals surface area contributed by atoms with E-state index < -0.39 is 0 Å². The van der Waals surface area contributed by atoms with E-state index in [0.717, 1.165) is 0 Å². The Morgan fingerprint density at radius 1 is 1.30 bits per heavy atom. The minimum Gasteiger partial charge on any atom is -0.462 e. The number of aryl methyl sites for hydroxylation is 1. The number of hydrogen-bond acceptors (Lipinski definition) is 5. The van der Waals surface area contributed by atoms with E-state index in [1.165, 1.54) is 56.3 Å². The Kier molecular flexibility index (Phi) is 6.65. The number of aromatic nitrogens is 2. The minimum atomic E-state index is -0.381. The van der Waals surface area contributed by atoms with E-state index in [-0.39, 0.29) is 17.6 Å². The number of ether oxygens (including phenoxy) is 1. The van der Waals surface area contributed by atoms with Crippen LogP contribution in [0.25, 0.3) is 10.2 Å². The van der Waals surface area contributed by atoms with Gasteiger partial charge in [-0.15, -0.1) is 11.3 Å². The van der Waals surface area contributed by atoms with Gasteiger partial charge in [-0.1, -0.05) is 19.3 Å². The number of nitrogens with two attached hydrogens (primary N) is 1. The summed E-state index contributed by atoms with van der Waals surface area (Å²) in [6, 6.07) is 0.668. The number of thiophene rings is 1. The van der Waals surface area contributed by atoms with Gasteiger partial charge in [-0.2, -0.15) is 0 Å². The van der Waals surface area contributed by atoms with Crippen LogP contribution in [0.3, 0.4) is 0 Å². The van der Waals surface area contributed by atoms with E-state index in [9.17, 15) is 9.59 Å². The van der Waals surface area contributed by atoms with Gasteiger partial charge in [-0.25, -0.2) is 9.78 Å². The van der Waals surface area contributed by atoms with E-state index >= 15 is 0 Å². The van der Waals surface area contributed by atoms with Crippen LogP contribution in [-0.4, -0.2) is 28.6 Å². The third kappa shape index (κ3) is 4.58. The molecule has 0 spiro atoms. The van der Waals surface area contributed by atoms with Crippen LogP contribution in [0, 0.1) is 6.92 Å². The molecule has 27 heavy (non-hydrogen) atoms. The van der Waals surface area contributed by atoms with Gasteiger partial charge in [0.05, 0.1) is 18.0 Å². The van der Waals surface area contributed by atoms with Gasteiger partial charge in [-0.3, -0.25) is 4.79 Å². The first kappa shape index (κ1) is 20.0. The molecule has 0 amide bonds. The fraction of sp³-hybridized carbons (Fsp3) is 0.650. The van der Waals surface area contributed by atoms with Gasteiger partial charge in [0.25, 0.3) is 5.56 Å². The molecule has 1 aliphatic rings. The quantitative estimate of drug-likeness (QED) is 0.765. The normalized spacial score (nSPS) is 17.4. The first-order chi connectivity index (χ1) is 13.0. The lowest BCUT2D eigenvalue weighted by atomic mass is 9.96. The van der Waals surface area contributed by atoms with Gasteiger partial charge in [0.1, 0.15) is 15.7 Å². The summed E-state index contributed by atoms with van der Waals surface area (Å²) in [7, 11) is 0. The molecular weight excluding hydrogens is 362 g/mol. The highest BCUT2D eigenvalue weighted by molar-refractivity contribution is 7.20. The second kappa shape index (κ2) is 8.97. The smallest absolute Gasteiger partial charge is 0.348 e. The highest BCUT2D eigenvalue weighted by atomic mass is 32.1. The fourth-order valence-electron chi connectivity index (χ4n) is 3.95. The van der Waals surface area contributed by atoms with E-state index in [1.807, 2.05) is 0 Å². The summed E-state index contributed by atoms with van der Waals surface area (Å²) in [5.74, 6) is 0.305. The van der Waals surface area contributed by atoms with Crippen LogP contribution in [0.5, 0.6) is 0 Å². The summed E-state index contributed by atoms with van der Waals surface area (Å²) in [4.78, 5) is 33.5. The third-order valence-electron chi connectivity index (χ3n) is 5.42. The van der Waals surface area contributed by atoms with Crippen LogP contribution in [0.4, 0.5) is 0 Å². The van der Waals surface area contributed by atoms with Gasteiger partial charge in [-0.05, 0) is 52.0 Å². The van der Waals surface area contributed by atoms with E-state index in [0.29, 0.717) is 39.1 Å². The largest absolute Gasteiger partial charge is 0.462 e. The zero-order valence-corrected chi connectivity index (χ0v) is 17.3. The molecule has 1 saturated carbocycles. The van der Waals surface area contributed by atoms with Gasteiger partial charge in [0.15, 0.2) is 5.82 Å². The molecule has 2 heterocycles. The van der Waals surface area contributed by atoms with Crippen LogP contribution in [0.15, 0.2) is 4.79 Å². The predicted octanol–water partition coefficient (Wildman–Crippen LogP) is 3.21. The van der Waals surface area contributed by atoms with Crippen molar-refractivity contribution in [2.75, 3.05) is 6.61 Å². The first-order valence-electron chi connectivity index (χ1n) is 10.1. The number of carbonyl (C=O) groups excluding carboxylic acids is 1. The lowest BCUT2D eigenvalue weighted by molar-refractivity contribution is -0.727. The lowest BCUT2D eigenvalue weighted by Gasteiger charge is -2.21. The molecule has 0 aliphatic heterocycles. The van der Waals surface area contributed by atoms with Crippen molar-refractivity contribution < 1.29 is 14.8 Å². The van der Waals surface area contributed by atoms with Gasteiger partial charge >= 0.3 is 5.97 Å². The molecule has 0 bridgehead atoms. The predicted molar refractivity (Wildman–Crippen MR) is 107 cm³/mol. The van der Waals surface area contributed by atoms with Crippen molar-refractivity contribution in [2.45, 2.75) is 77.8 Å². The second-order valence-electron chi connectivity index (χ2n) is 7.49. The number of hydrogen-bond donors (Lipinski definition) is 2. The molecule has 3 N–H and O–H groups in total. The molecule has 0 saturated heterocycles. The van der Waals surface area contributed by atoms with Crippen LogP contribution >= 0.6 is 11.3 Å². The summed E-state index contributed by atoms with van der Waals surface area (Å²) >= 11 is 1.25. The Bertz CT molecular complexity index is 850. The fourth-order valence-corrected chi connectivity index (χ4v) is 5.03. The Morgan fingerprint density at radius 3 is 2.63 bits per heavy atom. The maximum absolute atomic E-state index is 12.7. The second-order valence-corrected chi connectivity index (χ2v) is 8.49. The van der Waals surface area contributed by atoms with Crippen LogP contribution in [-0.2, 0) is 4.74 Å². The van der Waals surface area contributed by atoms with Crippen molar-refractivity contribution in [3.63, 3.8) is 0 Å². The van der Waals surface area contributed by atoms with Crippen molar-refractivity contribution in [3.8, 4) is 0 Å². The molecule has 1 aliphatic carbocycles. The maximum Gasteiger partial charge on any atom is 0.348 e. The Hall–Kier alpha value is -1.73. The highest BCUT2D eigenvalue weighted by Crippen LogP contribution is 2.28. The summed E-state index contributed by atoms with van der Waals surface area (Å²) in [5, 5.41) is 2.85. The number of carbonyl (C=O) groups is 1. The molecule has 0 radical (unpaired) electrons. The molecule has 1 atom stereocenters. The molecule has 3 rings (SSSR count). The van der Waals surface area contributed by atoms with Crippen molar-refractivity contribution >= 4 is 27.5 Å². The number of aromatic amines is 1. The molecule has 0 unspecified atom stereocenters. The SMILES string of the molecule is CCOC(=O)c1sc2nc([C@@H](C)[NH2+]C3CCCCCCC3)[nH]c(=O)c2c1C. The average Bonchev–Trinajstić information content (AvgIpc) is 2.94. The number of quaternary nitrogens is 1. The Morgan fingerprint density at radius 2 is 1.96 bits per heavy atom. The third-order valence-corrected chi connectivity index (χ3v) is 6.59. The molecule has 2 aromatic heterocycles. The molecule has 1 fully saturated rings. The van der Waals surface area contributed by atoms with Crippen molar-refractivity contribution in [3.05, 3.63) is 26.6 Å². The first-order valence-corrected chi connectivity index (χ1v) is 10.9. The summed E-state index contributed by atoms with van der Waals surface area (Å²) in [6.45, 7) is 5.97. The van der Waals surface area contributed by atoms with E-state index in [2.05, 4.69) is 17.2 Å². The van der Waals surface area contributed by atoms with Crippen molar-refractivity contribution in [1.82, 2.24) is 9.97 Å². The zero-order chi connectivity index (χ0) is 19.4. The van der Waals surface area contributed by atoms with E-state index in [4.69, 9.17) is 9.72 Å². The molecule has 7 heteroatoms. The van der Waals surface area contributed by atoms with Crippen molar-refractivity contribution in [1.29, 1.82) is 0 Å². The Balaban J connectivity index is 1.84. The van der Waals surface area contributed by atoms with Gasteiger partial charge < -0.3 is 15.0 Å². The van der Waals surface area contributed by atoms with E-state index in [1.54, 1.807) is 13.8 Å². The lowest BCUT2D eigenvalue weighted by Crippen LogP contribution is -2.90. The van der Waals surface area contributed by atoms with Crippen LogP contribution in [0.1, 0.15) is 85.9 Å². The topological polar surface area (TPSA) is 88.7 Å². The molecule has 148 valence electrons.